The minimum Gasteiger partial charge on any atom is -0.444 e. The van der Waals surface area contributed by atoms with E-state index < -0.39 is 11.7 Å². The van der Waals surface area contributed by atoms with Crippen LogP contribution in [0.15, 0.2) is 41.2 Å². The standard InChI is InChI=1S/C31H42N8O4/c1-6-11-39(12-10-24-19-38(7-2)29(41)36-24)28(40)22-13-21-9-8-20(14-25(21)37-26(32)15-22)23-16-33-27(34-17-23)18-35-30(42)43-31(3,4)5/h8-9,13-14,16-17,24H,6-7,10-12,15,18-19H2,1-5H3,(H2,32,37)(H,35,42)(H,36,41). The van der Waals surface area contributed by atoms with Crippen molar-refractivity contribution in [3.8, 4) is 11.1 Å². The Bertz CT molecular complexity index is 1400. The first-order chi connectivity index (χ1) is 20.5. The molecule has 1 fully saturated rings. The van der Waals surface area contributed by atoms with Crippen LogP contribution in [0.4, 0.5) is 15.3 Å². The number of carbonyl (C=O) groups is 3. The zero-order valence-corrected chi connectivity index (χ0v) is 25.6. The van der Waals surface area contributed by atoms with Crippen molar-refractivity contribution < 1.29 is 19.1 Å². The second-order valence-corrected chi connectivity index (χ2v) is 11.7. The highest BCUT2D eigenvalue weighted by molar-refractivity contribution is 6.05. The number of nitrogens with zero attached hydrogens (tertiary/aromatic N) is 5. The Morgan fingerprint density at radius 3 is 2.56 bits per heavy atom. The number of nitrogens with two attached hydrogens (primary N) is 1. The molecule has 1 aromatic heterocycles. The molecule has 1 saturated heterocycles. The molecule has 0 radical (unpaired) electrons. The molecule has 1 unspecified atom stereocenters. The SMILES string of the molecule is CCCN(CCC1CN(CC)C(=O)N1)C(=O)C1=Cc2ccc(-c3cnc(CNC(=O)OC(C)(C)C)nc3)cc2N=C(N)C1. The molecule has 12 nitrogen and oxygen atoms in total. The highest BCUT2D eigenvalue weighted by atomic mass is 16.6. The number of amides is 4. The van der Waals surface area contributed by atoms with Gasteiger partial charge in [0, 0.05) is 67.7 Å². The number of likely N-dealkylation sites (N-methyl/N-ethyl adjacent to an activating group) is 1. The molecule has 2 aromatic rings. The van der Waals surface area contributed by atoms with Crippen molar-refractivity contribution in [3.05, 3.63) is 47.6 Å². The normalized spacial score (nSPS) is 16.4. The monoisotopic (exact) mass is 590 g/mol. The number of ether oxygens (including phenoxy) is 1. The molecule has 0 aliphatic carbocycles. The van der Waals surface area contributed by atoms with Gasteiger partial charge in [0.1, 0.15) is 17.3 Å². The van der Waals surface area contributed by atoms with Gasteiger partial charge in [-0.2, -0.15) is 0 Å². The van der Waals surface area contributed by atoms with E-state index in [0.717, 1.165) is 23.1 Å². The highest BCUT2D eigenvalue weighted by Crippen LogP contribution is 2.32. The summed E-state index contributed by atoms with van der Waals surface area (Å²) in [6.45, 7) is 12.0. The summed E-state index contributed by atoms with van der Waals surface area (Å²) in [6, 6.07) is 5.71. The Morgan fingerprint density at radius 2 is 1.91 bits per heavy atom. The number of fused-ring (bicyclic) bond motifs is 1. The van der Waals surface area contributed by atoms with Gasteiger partial charge in [-0.3, -0.25) is 4.79 Å². The van der Waals surface area contributed by atoms with E-state index in [0.29, 0.717) is 55.5 Å². The number of benzene rings is 1. The van der Waals surface area contributed by atoms with Crippen LogP contribution < -0.4 is 16.4 Å². The highest BCUT2D eigenvalue weighted by Gasteiger charge is 2.29. The smallest absolute Gasteiger partial charge is 0.408 e. The molecule has 2 aliphatic rings. The lowest BCUT2D eigenvalue weighted by Gasteiger charge is -2.25. The lowest BCUT2D eigenvalue weighted by atomic mass is 10.0. The van der Waals surface area contributed by atoms with Crippen LogP contribution in [0.25, 0.3) is 17.2 Å². The van der Waals surface area contributed by atoms with Gasteiger partial charge in [-0.05, 0) is 58.2 Å². The minimum absolute atomic E-state index is 0.0211. The first-order valence-corrected chi connectivity index (χ1v) is 14.8. The van der Waals surface area contributed by atoms with E-state index in [1.54, 1.807) is 38.1 Å². The number of urea groups is 1. The molecule has 0 spiro atoms. The number of nitrogens with one attached hydrogen (secondary N) is 2. The van der Waals surface area contributed by atoms with E-state index >= 15 is 0 Å². The van der Waals surface area contributed by atoms with E-state index in [-0.39, 0.29) is 30.9 Å². The zero-order valence-electron chi connectivity index (χ0n) is 25.6. The number of hydrogen-bond donors (Lipinski definition) is 3. The van der Waals surface area contributed by atoms with Crippen molar-refractivity contribution in [2.24, 2.45) is 10.7 Å². The maximum Gasteiger partial charge on any atom is 0.408 e. The fraction of sp³-hybridized carbons (Fsp3) is 0.484. The van der Waals surface area contributed by atoms with E-state index in [4.69, 9.17) is 10.5 Å². The first kappa shape index (κ1) is 31.5. The van der Waals surface area contributed by atoms with Crippen LogP contribution in [0.5, 0.6) is 0 Å². The van der Waals surface area contributed by atoms with Gasteiger partial charge >= 0.3 is 12.1 Å². The van der Waals surface area contributed by atoms with E-state index in [1.165, 1.54) is 0 Å². The average Bonchev–Trinajstić information content (AvgIpc) is 3.23. The molecular weight excluding hydrogens is 548 g/mol. The quantitative estimate of drug-likeness (QED) is 0.378. The molecule has 43 heavy (non-hydrogen) atoms. The average molecular weight is 591 g/mol. The van der Waals surface area contributed by atoms with Crippen molar-refractivity contribution in [3.63, 3.8) is 0 Å². The molecule has 1 aromatic carbocycles. The molecule has 1 atom stereocenters. The van der Waals surface area contributed by atoms with Gasteiger partial charge in [-0.25, -0.2) is 24.5 Å². The fourth-order valence-electron chi connectivity index (χ4n) is 4.96. The fourth-order valence-corrected chi connectivity index (χ4v) is 4.96. The number of carbonyl (C=O) groups excluding carboxylic acids is 3. The van der Waals surface area contributed by atoms with Crippen LogP contribution in [0.1, 0.15) is 65.3 Å². The van der Waals surface area contributed by atoms with Crippen LogP contribution in [-0.2, 0) is 16.1 Å². The summed E-state index contributed by atoms with van der Waals surface area (Å²) in [7, 11) is 0. The van der Waals surface area contributed by atoms with E-state index in [1.807, 2.05) is 43.0 Å². The predicted octanol–water partition coefficient (Wildman–Crippen LogP) is 3.99. The minimum atomic E-state index is -0.587. The second-order valence-electron chi connectivity index (χ2n) is 11.7. The molecule has 2 aliphatic heterocycles. The van der Waals surface area contributed by atoms with E-state index in [9.17, 15) is 14.4 Å². The number of aliphatic imine (C=N–C) groups is 1. The van der Waals surface area contributed by atoms with Crippen molar-refractivity contribution in [2.45, 2.75) is 72.1 Å². The van der Waals surface area contributed by atoms with Crippen molar-refractivity contribution in [2.75, 3.05) is 26.2 Å². The molecule has 230 valence electrons. The summed E-state index contributed by atoms with van der Waals surface area (Å²) in [5.74, 6) is 0.735. The van der Waals surface area contributed by atoms with Crippen molar-refractivity contribution in [1.29, 1.82) is 0 Å². The summed E-state index contributed by atoms with van der Waals surface area (Å²) in [6.07, 6.45) is 6.45. The molecule has 4 rings (SSSR count). The van der Waals surface area contributed by atoms with Crippen LogP contribution in [0.3, 0.4) is 0 Å². The summed E-state index contributed by atoms with van der Waals surface area (Å²) in [5, 5.41) is 5.66. The predicted molar refractivity (Wildman–Crippen MR) is 165 cm³/mol. The number of aromatic nitrogens is 2. The van der Waals surface area contributed by atoms with Crippen molar-refractivity contribution >= 4 is 35.6 Å². The van der Waals surface area contributed by atoms with Crippen LogP contribution in [0, 0.1) is 0 Å². The van der Waals surface area contributed by atoms with E-state index in [2.05, 4.69) is 25.6 Å². The van der Waals surface area contributed by atoms with Gasteiger partial charge in [0.15, 0.2) is 0 Å². The molecule has 0 bridgehead atoms. The third-order valence-corrected chi connectivity index (χ3v) is 7.06. The molecule has 4 N–H and O–H groups in total. The number of rotatable bonds is 10. The Balaban J connectivity index is 1.45. The van der Waals surface area contributed by atoms with Crippen molar-refractivity contribution in [1.82, 2.24) is 30.4 Å². The Hall–Kier alpha value is -4.48. The first-order valence-electron chi connectivity index (χ1n) is 14.8. The van der Waals surface area contributed by atoms with Gasteiger partial charge < -0.3 is 30.9 Å². The topological polar surface area (TPSA) is 155 Å². The summed E-state index contributed by atoms with van der Waals surface area (Å²) in [5.41, 5.74) is 9.36. The maximum absolute atomic E-state index is 13.7. The maximum atomic E-state index is 13.7. The third kappa shape index (κ3) is 8.52. The summed E-state index contributed by atoms with van der Waals surface area (Å²) >= 11 is 0. The van der Waals surface area contributed by atoms with Gasteiger partial charge in [-0.1, -0.05) is 19.1 Å². The van der Waals surface area contributed by atoms with Gasteiger partial charge in [-0.15, -0.1) is 0 Å². The summed E-state index contributed by atoms with van der Waals surface area (Å²) in [4.78, 5) is 54.6. The largest absolute Gasteiger partial charge is 0.444 e. The molecule has 3 heterocycles. The van der Waals surface area contributed by atoms with Gasteiger partial charge in [0.05, 0.1) is 12.2 Å². The number of hydrogen-bond acceptors (Lipinski definition) is 8. The summed E-state index contributed by atoms with van der Waals surface area (Å²) < 4.78 is 5.24. The molecule has 0 saturated carbocycles. The molecule has 12 heteroatoms. The van der Waals surface area contributed by atoms with Crippen LogP contribution >= 0.6 is 0 Å². The third-order valence-electron chi connectivity index (χ3n) is 7.06. The number of alkyl carbamates (subject to hydrolysis) is 1. The molecule has 4 amide bonds. The Kier molecular flexibility index (Phi) is 9.99. The lowest BCUT2D eigenvalue weighted by molar-refractivity contribution is -0.127. The van der Waals surface area contributed by atoms with Gasteiger partial charge in [0.2, 0.25) is 5.91 Å². The zero-order chi connectivity index (χ0) is 31.1. The van der Waals surface area contributed by atoms with Gasteiger partial charge in [0.25, 0.3) is 0 Å². The lowest BCUT2D eigenvalue weighted by Crippen LogP contribution is -2.38. The Morgan fingerprint density at radius 1 is 1.16 bits per heavy atom. The van der Waals surface area contributed by atoms with Crippen LogP contribution in [-0.4, -0.2) is 81.5 Å². The Labute approximate surface area is 252 Å². The van der Waals surface area contributed by atoms with Crippen LogP contribution in [0.2, 0.25) is 0 Å². The molecular formula is C31H42N8O4. The number of amidine groups is 1. The second kappa shape index (κ2) is 13.7.